The molecule has 0 saturated heterocycles. The fourth-order valence-corrected chi connectivity index (χ4v) is 5.28. The first kappa shape index (κ1) is 25.5. The lowest BCUT2D eigenvalue weighted by Crippen LogP contribution is -2.11. The summed E-state index contributed by atoms with van der Waals surface area (Å²) in [6, 6.07) is 24.7. The van der Waals surface area contributed by atoms with E-state index in [0.29, 0.717) is 11.6 Å². The number of hydrogen-bond donors (Lipinski definition) is 1. The molecule has 0 fully saturated rings. The fourth-order valence-electron chi connectivity index (χ4n) is 4.04. The van der Waals surface area contributed by atoms with Gasteiger partial charge in [-0.15, -0.1) is 11.3 Å². The zero-order valence-corrected chi connectivity index (χ0v) is 22.1. The van der Waals surface area contributed by atoms with Gasteiger partial charge in [-0.05, 0) is 41.8 Å². The highest BCUT2D eigenvalue weighted by Crippen LogP contribution is 2.30. The van der Waals surface area contributed by atoms with Gasteiger partial charge < -0.3 is 4.74 Å². The van der Waals surface area contributed by atoms with Crippen molar-refractivity contribution < 1.29 is 17.9 Å². The third-order valence-corrected chi connectivity index (χ3v) is 7.61. The summed E-state index contributed by atoms with van der Waals surface area (Å²) in [5.74, 6) is -0.479. The number of esters is 1. The van der Waals surface area contributed by atoms with Gasteiger partial charge in [0.15, 0.2) is 5.69 Å². The largest absolute Gasteiger partial charge is 0.461 e. The molecule has 5 aromatic rings. The van der Waals surface area contributed by atoms with Crippen LogP contribution in [0.3, 0.4) is 0 Å². The number of carbonyl (C=O) groups is 1. The molecular formula is C28H24N4O4S2. The van der Waals surface area contributed by atoms with Gasteiger partial charge in [-0.1, -0.05) is 60.7 Å². The van der Waals surface area contributed by atoms with Crippen molar-refractivity contribution in [3.05, 3.63) is 107 Å². The molecule has 3 aromatic carbocycles. The van der Waals surface area contributed by atoms with Crippen LogP contribution in [0, 0.1) is 0 Å². The molecule has 0 radical (unpaired) electrons. The molecule has 0 aliphatic heterocycles. The fraction of sp³-hybridized carbons (Fsp3) is 0.107. The molecule has 2 N–H and O–H groups in total. The maximum Gasteiger partial charge on any atom is 0.357 e. The zero-order valence-electron chi connectivity index (χ0n) is 20.4. The van der Waals surface area contributed by atoms with E-state index in [2.05, 4.69) is 23.2 Å². The van der Waals surface area contributed by atoms with Crippen LogP contribution in [-0.2, 0) is 21.2 Å². The first-order valence-corrected chi connectivity index (χ1v) is 14.2. The number of benzene rings is 3. The Morgan fingerprint density at radius 1 is 0.974 bits per heavy atom. The van der Waals surface area contributed by atoms with Crippen molar-refractivity contribution in [3.8, 4) is 27.5 Å². The number of ether oxygens (including phenoxy) is 1. The summed E-state index contributed by atoms with van der Waals surface area (Å²) < 4.78 is 30.1. The van der Waals surface area contributed by atoms with E-state index in [1.165, 1.54) is 23.5 Å². The van der Waals surface area contributed by atoms with Crippen LogP contribution in [0.2, 0.25) is 0 Å². The standard InChI is InChI=1S/C28H24N4O4S2/c1-2-36-27(33)25-18-37-28(30-25)32-17-23(15-19-11-13-24(14-12-19)38(29,34)35)26(31-32)22-10-6-9-21(16-22)20-7-4-3-5-8-20/h3-14,16-18H,2,15H2,1H3,(H2,29,34,35). The minimum absolute atomic E-state index is 0.0574. The topological polar surface area (TPSA) is 117 Å². The van der Waals surface area contributed by atoms with E-state index in [9.17, 15) is 13.2 Å². The average Bonchev–Trinajstić information content (AvgIpc) is 3.57. The average molecular weight is 545 g/mol. The molecule has 5 rings (SSSR count). The number of carbonyl (C=O) groups excluding carboxylic acids is 1. The quantitative estimate of drug-likeness (QED) is 0.272. The van der Waals surface area contributed by atoms with Crippen LogP contribution in [0.1, 0.15) is 28.5 Å². The van der Waals surface area contributed by atoms with Crippen LogP contribution in [0.5, 0.6) is 0 Å². The van der Waals surface area contributed by atoms with Gasteiger partial charge in [0, 0.05) is 29.1 Å². The Balaban J connectivity index is 1.56. The normalized spacial score (nSPS) is 11.4. The molecule has 2 aromatic heterocycles. The summed E-state index contributed by atoms with van der Waals surface area (Å²) in [6.07, 6.45) is 2.37. The van der Waals surface area contributed by atoms with Gasteiger partial charge in [-0.2, -0.15) is 5.10 Å². The third kappa shape index (κ3) is 5.57. The monoisotopic (exact) mass is 544 g/mol. The molecule has 0 atom stereocenters. The zero-order chi connectivity index (χ0) is 26.7. The van der Waals surface area contributed by atoms with Crippen molar-refractivity contribution in [1.29, 1.82) is 0 Å². The number of nitrogens with two attached hydrogens (primary N) is 1. The van der Waals surface area contributed by atoms with Gasteiger partial charge in [-0.3, -0.25) is 0 Å². The van der Waals surface area contributed by atoms with Gasteiger partial charge in [0.2, 0.25) is 15.2 Å². The summed E-state index contributed by atoms with van der Waals surface area (Å²) in [4.78, 5) is 16.6. The number of hydrogen-bond acceptors (Lipinski definition) is 7. The Kier molecular flexibility index (Phi) is 7.19. The number of primary sulfonamides is 1. The molecule has 192 valence electrons. The molecule has 0 bridgehead atoms. The number of nitrogens with zero attached hydrogens (tertiary/aromatic N) is 3. The van der Waals surface area contributed by atoms with E-state index in [0.717, 1.165) is 33.5 Å². The molecular weight excluding hydrogens is 520 g/mol. The van der Waals surface area contributed by atoms with Crippen LogP contribution in [0.25, 0.3) is 27.5 Å². The summed E-state index contributed by atoms with van der Waals surface area (Å²) >= 11 is 1.29. The van der Waals surface area contributed by atoms with Crippen molar-refractivity contribution in [1.82, 2.24) is 14.8 Å². The van der Waals surface area contributed by atoms with Crippen LogP contribution >= 0.6 is 11.3 Å². The van der Waals surface area contributed by atoms with Crippen molar-refractivity contribution in [3.63, 3.8) is 0 Å². The number of rotatable bonds is 8. The van der Waals surface area contributed by atoms with Gasteiger partial charge in [0.1, 0.15) is 0 Å². The Labute approximate surface area is 224 Å². The van der Waals surface area contributed by atoms with Crippen molar-refractivity contribution in [2.75, 3.05) is 6.61 Å². The second-order valence-corrected chi connectivity index (χ2v) is 10.9. The lowest BCUT2D eigenvalue weighted by Gasteiger charge is -2.07. The Morgan fingerprint density at radius 2 is 1.68 bits per heavy atom. The molecule has 10 heteroatoms. The smallest absolute Gasteiger partial charge is 0.357 e. The molecule has 0 saturated carbocycles. The van der Waals surface area contributed by atoms with Crippen molar-refractivity contribution >= 4 is 27.3 Å². The number of sulfonamides is 1. The Bertz CT molecular complexity index is 1690. The summed E-state index contributed by atoms with van der Waals surface area (Å²) in [7, 11) is -3.78. The van der Waals surface area contributed by atoms with Crippen molar-refractivity contribution in [2.24, 2.45) is 5.14 Å². The van der Waals surface area contributed by atoms with Crippen LogP contribution in [0.15, 0.2) is 95.3 Å². The summed E-state index contributed by atoms with van der Waals surface area (Å²) in [5, 5.41) is 12.3. The Hall–Kier alpha value is -4.12. The SMILES string of the molecule is CCOC(=O)c1csc(-n2cc(Cc3ccc(S(N)(=O)=O)cc3)c(-c3cccc(-c4ccccc4)c3)n2)n1. The molecule has 0 spiro atoms. The Morgan fingerprint density at radius 3 is 2.39 bits per heavy atom. The van der Waals surface area contributed by atoms with Crippen LogP contribution in [0.4, 0.5) is 0 Å². The van der Waals surface area contributed by atoms with E-state index in [4.69, 9.17) is 15.0 Å². The minimum atomic E-state index is -3.78. The second-order valence-electron chi connectivity index (χ2n) is 8.50. The molecule has 8 nitrogen and oxygen atoms in total. The molecule has 2 heterocycles. The lowest BCUT2D eigenvalue weighted by molar-refractivity contribution is 0.0520. The number of thiazole rings is 1. The lowest BCUT2D eigenvalue weighted by atomic mass is 9.98. The molecule has 38 heavy (non-hydrogen) atoms. The van der Waals surface area contributed by atoms with Gasteiger partial charge in [-0.25, -0.2) is 28.0 Å². The van der Waals surface area contributed by atoms with Gasteiger partial charge in [0.05, 0.1) is 17.2 Å². The van der Waals surface area contributed by atoms with E-state index >= 15 is 0 Å². The minimum Gasteiger partial charge on any atom is -0.461 e. The second kappa shape index (κ2) is 10.7. The molecule has 0 amide bonds. The summed E-state index contributed by atoms with van der Waals surface area (Å²) in [6.45, 7) is 2.01. The molecule has 0 unspecified atom stereocenters. The van der Waals surface area contributed by atoms with E-state index in [1.54, 1.807) is 29.1 Å². The predicted molar refractivity (Wildman–Crippen MR) is 147 cm³/mol. The highest BCUT2D eigenvalue weighted by atomic mass is 32.2. The molecule has 0 aliphatic carbocycles. The first-order chi connectivity index (χ1) is 18.3. The first-order valence-electron chi connectivity index (χ1n) is 11.8. The van der Waals surface area contributed by atoms with Crippen LogP contribution in [-0.4, -0.2) is 35.8 Å². The third-order valence-electron chi connectivity index (χ3n) is 5.85. The maximum absolute atomic E-state index is 12.1. The van der Waals surface area contributed by atoms with E-state index < -0.39 is 16.0 Å². The van der Waals surface area contributed by atoms with E-state index in [-0.39, 0.29) is 17.2 Å². The highest BCUT2D eigenvalue weighted by Gasteiger charge is 2.18. The summed E-state index contributed by atoms with van der Waals surface area (Å²) in [5.41, 5.74) is 5.85. The van der Waals surface area contributed by atoms with Gasteiger partial charge in [0.25, 0.3) is 0 Å². The van der Waals surface area contributed by atoms with Crippen LogP contribution < -0.4 is 5.14 Å². The predicted octanol–water partition coefficient (Wildman–Crippen LogP) is 5.08. The molecule has 0 aliphatic rings. The van der Waals surface area contributed by atoms with Crippen molar-refractivity contribution in [2.45, 2.75) is 18.2 Å². The highest BCUT2D eigenvalue weighted by molar-refractivity contribution is 7.89. The maximum atomic E-state index is 12.1. The number of aromatic nitrogens is 3. The van der Waals surface area contributed by atoms with E-state index in [1.807, 2.05) is 42.6 Å². The van der Waals surface area contributed by atoms with Gasteiger partial charge >= 0.3 is 5.97 Å².